The van der Waals surface area contributed by atoms with Gasteiger partial charge < -0.3 is 15.0 Å². The number of amides is 2. The first-order valence-corrected chi connectivity index (χ1v) is 8.78. The van der Waals surface area contributed by atoms with Gasteiger partial charge >= 0.3 is 12.0 Å². The van der Waals surface area contributed by atoms with Crippen molar-refractivity contribution in [2.45, 2.75) is 25.8 Å². The smallest absolute Gasteiger partial charge is 0.337 e. The van der Waals surface area contributed by atoms with E-state index in [1.54, 1.807) is 23.5 Å². The predicted molar refractivity (Wildman–Crippen MR) is 94.5 cm³/mol. The Morgan fingerprint density at radius 1 is 1.33 bits per heavy atom. The molecule has 0 bridgehead atoms. The van der Waals surface area contributed by atoms with E-state index in [9.17, 15) is 9.59 Å². The van der Waals surface area contributed by atoms with Gasteiger partial charge in [0.25, 0.3) is 0 Å². The highest BCUT2D eigenvalue weighted by molar-refractivity contribution is 7.10. The molecule has 0 saturated carbocycles. The number of benzene rings is 1. The Hall–Kier alpha value is -2.34. The minimum atomic E-state index is -0.414. The van der Waals surface area contributed by atoms with Gasteiger partial charge in [-0.2, -0.15) is 0 Å². The summed E-state index contributed by atoms with van der Waals surface area (Å²) in [5.74, 6) is -0.414. The standard InChI is InChI=1S/C18H20N2O3S/c1-12-7-8-13(17(21)23-2)11-14(12)19-18(22)20-9-3-5-15(20)16-6-4-10-24-16/h4,6-8,10-11,15H,3,5,9H2,1-2H3,(H,19,22)/t15-/m0/s1. The zero-order valence-electron chi connectivity index (χ0n) is 13.7. The summed E-state index contributed by atoms with van der Waals surface area (Å²) >= 11 is 1.68. The molecule has 1 aromatic carbocycles. The average Bonchev–Trinajstić information content (AvgIpc) is 3.26. The average molecular weight is 344 g/mol. The third-order valence-electron chi connectivity index (χ3n) is 4.29. The Morgan fingerprint density at radius 2 is 2.17 bits per heavy atom. The van der Waals surface area contributed by atoms with Gasteiger partial charge in [-0.15, -0.1) is 11.3 Å². The maximum absolute atomic E-state index is 12.7. The first kappa shape index (κ1) is 16.5. The number of esters is 1. The summed E-state index contributed by atoms with van der Waals surface area (Å²) in [4.78, 5) is 27.5. The molecule has 0 radical (unpaired) electrons. The number of carbonyl (C=O) groups is 2. The normalized spacial score (nSPS) is 16.9. The van der Waals surface area contributed by atoms with Crippen molar-refractivity contribution >= 4 is 29.0 Å². The van der Waals surface area contributed by atoms with Crippen molar-refractivity contribution in [1.29, 1.82) is 0 Å². The van der Waals surface area contributed by atoms with E-state index < -0.39 is 5.97 Å². The minimum absolute atomic E-state index is 0.129. The van der Waals surface area contributed by atoms with Crippen LogP contribution in [0, 0.1) is 6.92 Å². The zero-order chi connectivity index (χ0) is 17.1. The van der Waals surface area contributed by atoms with Gasteiger partial charge in [-0.3, -0.25) is 0 Å². The van der Waals surface area contributed by atoms with E-state index in [4.69, 9.17) is 4.74 Å². The maximum atomic E-state index is 12.7. The number of urea groups is 1. The molecule has 24 heavy (non-hydrogen) atoms. The second-order valence-corrected chi connectivity index (χ2v) is 6.80. The van der Waals surface area contributed by atoms with Crippen LogP contribution in [-0.4, -0.2) is 30.6 Å². The summed E-state index contributed by atoms with van der Waals surface area (Å²) in [6.45, 7) is 2.64. The summed E-state index contributed by atoms with van der Waals surface area (Å²) in [5, 5.41) is 4.98. The van der Waals surface area contributed by atoms with E-state index in [-0.39, 0.29) is 12.1 Å². The van der Waals surface area contributed by atoms with Crippen molar-refractivity contribution in [2.24, 2.45) is 0 Å². The van der Waals surface area contributed by atoms with Crippen LogP contribution in [0.25, 0.3) is 0 Å². The van der Waals surface area contributed by atoms with E-state index in [0.29, 0.717) is 11.3 Å². The number of nitrogens with zero attached hydrogens (tertiary/aromatic N) is 1. The number of hydrogen-bond donors (Lipinski definition) is 1. The molecule has 5 nitrogen and oxygen atoms in total. The largest absolute Gasteiger partial charge is 0.465 e. The number of aryl methyl sites for hydroxylation is 1. The van der Waals surface area contributed by atoms with E-state index in [0.717, 1.165) is 24.9 Å². The molecule has 1 aliphatic heterocycles. The molecule has 0 aliphatic carbocycles. The van der Waals surface area contributed by atoms with Crippen molar-refractivity contribution in [2.75, 3.05) is 19.0 Å². The molecule has 1 saturated heterocycles. The van der Waals surface area contributed by atoms with Crippen LogP contribution in [0.4, 0.5) is 10.5 Å². The van der Waals surface area contributed by atoms with Crippen molar-refractivity contribution in [3.8, 4) is 0 Å². The number of methoxy groups -OCH3 is 1. The van der Waals surface area contributed by atoms with Crippen LogP contribution in [0.3, 0.4) is 0 Å². The Morgan fingerprint density at radius 3 is 2.88 bits per heavy atom. The van der Waals surface area contributed by atoms with Crippen LogP contribution in [0.1, 0.15) is 39.7 Å². The first-order chi connectivity index (χ1) is 11.6. The predicted octanol–water partition coefficient (Wildman–Crippen LogP) is 4.21. The number of thiophene rings is 1. The van der Waals surface area contributed by atoms with Gasteiger partial charge in [-0.25, -0.2) is 9.59 Å². The number of ether oxygens (including phenoxy) is 1. The zero-order valence-corrected chi connectivity index (χ0v) is 14.6. The molecule has 126 valence electrons. The second kappa shape index (κ2) is 7.05. The van der Waals surface area contributed by atoms with Crippen LogP contribution >= 0.6 is 11.3 Å². The van der Waals surface area contributed by atoms with E-state index >= 15 is 0 Å². The summed E-state index contributed by atoms with van der Waals surface area (Å²) in [7, 11) is 1.34. The minimum Gasteiger partial charge on any atom is -0.465 e. The molecule has 1 aromatic heterocycles. The number of rotatable bonds is 3. The van der Waals surface area contributed by atoms with Gasteiger partial charge in [-0.05, 0) is 48.9 Å². The molecule has 2 heterocycles. The van der Waals surface area contributed by atoms with Crippen molar-refractivity contribution in [3.63, 3.8) is 0 Å². The highest BCUT2D eigenvalue weighted by Gasteiger charge is 2.30. The third kappa shape index (κ3) is 3.28. The molecule has 2 amide bonds. The first-order valence-electron chi connectivity index (χ1n) is 7.90. The molecule has 1 aliphatic rings. The van der Waals surface area contributed by atoms with Gasteiger partial charge in [0.1, 0.15) is 0 Å². The Labute approximate surface area is 145 Å². The summed E-state index contributed by atoms with van der Waals surface area (Å²) in [5.41, 5.74) is 1.97. The molecule has 1 N–H and O–H groups in total. The molecule has 3 rings (SSSR count). The number of anilines is 1. The lowest BCUT2D eigenvalue weighted by molar-refractivity contribution is 0.0600. The molecular weight excluding hydrogens is 324 g/mol. The maximum Gasteiger partial charge on any atom is 0.337 e. The van der Waals surface area contributed by atoms with Gasteiger partial charge in [0, 0.05) is 17.1 Å². The number of hydrogen-bond acceptors (Lipinski definition) is 4. The van der Waals surface area contributed by atoms with Crippen LogP contribution < -0.4 is 5.32 Å². The fourth-order valence-corrected chi connectivity index (χ4v) is 3.85. The molecule has 1 fully saturated rings. The lowest BCUT2D eigenvalue weighted by Gasteiger charge is -2.24. The summed E-state index contributed by atoms with van der Waals surface area (Å²) < 4.78 is 4.74. The summed E-state index contributed by atoms with van der Waals surface area (Å²) in [6, 6.07) is 9.26. The molecular formula is C18H20N2O3S. The second-order valence-electron chi connectivity index (χ2n) is 5.82. The van der Waals surface area contributed by atoms with Crippen molar-refractivity contribution in [3.05, 3.63) is 51.7 Å². The molecule has 6 heteroatoms. The lowest BCUT2D eigenvalue weighted by atomic mass is 10.1. The fourth-order valence-electron chi connectivity index (χ4n) is 2.97. The Balaban J connectivity index is 1.78. The van der Waals surface area contributed by atoms with Crippen molar-refractivity contribution in [1.82, 2.24) is 4.90 Å². The van der Waals surface area contributed by atoms with Gasteiger partial charge in [0.05, 0.1) is 18.7 Å². The third-order valence-corrected chi connectivity index (χ3v) is 5.26. The lowest BCUT2D eigenvalue weighted by Crippen LogP contribution is -2.34. The van der Waals surface area contributed by atoms with E-state index in [1.807, 2.05) is 29.3 Å². The van der Waals surface area contributed by atoms with E-state index in [1.165, 1.54) is 12.0 Å². The van der Waals surface area contributed by atoms with Crippen LogP contribution in [0.2, 0.25) is 0 Å². The molecule has 0 spiro atoms. The highest BCUT2D eigenvalue weighted by atomic mass is 32.1. The van der Waals surface area contributed by atoms with Gasteiger partial charge in [0.2, 0.25) is 0 Å². The Bertz CT molecular complexity index is 743. The Kier molecular flexibility index (Phi) is 4.85. The topological polar surface area (TPSA) is 58.6 Å². The molecule has 1 atom stereocenters. The van der Waals surface area contributed by atoms with E-state index in [2.05, 4.69) is 11.4 Å². The highest BCUT2D eigenvalue weighted by Crippen LogP contribution is 2.35. The number of nitrogens with one attached hydrogen (secondary N) is 1. The monoisotopic (exact) mass is 344 g/mol. The molecule has 0 unspecified atom stereocenters. The summed E-state index contributed by atoms with van der Waals surface area (Å²) in [6.07, 6.45) is 1.98. The quantitative estimate of drug-likeness (QED) is 0.849. The number of likely N-dealkylation sites (tertiary alicyclic amines) is 1. The number of carbonyl (C=O) groups excluding carboxylic acids is 2. The van der Waals surface area contributed by atoms with Crippen molar-refractivity contribution < 1.29 is 14.3 Å². The van der Waals surface area contributed by atoms with Crippen LogP contribution in [0.15, 0.2) is 35.7 Å². The fraction of sp³-hybridized carbons (Fsp3) is 0.333. The molecule has 2 aromatic rings. The van der Waals surface area contributed by atoms with Crippen LogP contribution in [0.5, 0.6) is 0 Å². The van der Waals surface area contributed by atoms with Gasteiger partial charge in [-0.1, -0.05) is 12.1 Å². The van der Waals surface area contributed by atoms with Crippen LogP contribution in [-0.2, 0) is 4.74 Å². The van der Waals surface area contributed by atoms with Gasteiger partial charge in [0.15, 0.2) is 0 Å². The SMILES string of the molecule is COC(=O)c1ccc(C)c(NC(=O)N2CCC[C@H]2c2cccs2)c1.